The Hall–Kier alpha value is -2.74. The van der Waals surface area contributed by atoms with Gasteiger partial charge in [0.1, 0.15) is 11.6 Å². The Bertz CT molecular complexity index is 860. The van der Waals surface area contributed by atoms with Crippen LogP contribution in [-0.2, 0) is 4.79 Å². The lowest BCUT2D eigenvalue weighted by molar-refractivity contribution is -0.113. The fourth-order valence-electron chi connectivity index (χ4n) is 2.64. The van der Waals surface area contributed by atoms with Gasteiger partial charge >= 0.3 is 0 Å². The summed E-state index contributed by atoms with van der Waals surface area (Å²) in [5.41, 5.74) is 1.91. The highest BCUT2D eigenvalue weighted by Crippen LogP contribution is 2.30. The molecule has 0 fully saturated rings. The number of anilines is 1. The molecular weight excluding hydrogens is 343 g/mol. The van der Waals surface area contributed by atoms with Crippen LogP contribution in [0.2, 0.25) is 0 Å². The van der Waals surface area contributed by atoms with Crippen molar-refractivity contribution < 1.29 is 13.7 Å². The molecule has 2 heterocycles. The average Bonchev–Trinajstić information content (AvgIpc) is 2.97. The number of hydrogen-bond acceptors (Lipinski definition) is 4. The molecule has 0 saturated carbocycles. The quantitative estimate of drug-likeness (QED) is 0.821. The summed E-state index contributed by atoms with van der Waals surface area (Å²) >= 11 is 5.33. The number of aromatic nitrogens is 1. The minimum atomic E-state index is -0.489. The topological polar surface area (TPSA) is 70.4 Å². The molecule has 1 aliphatic rings. The summed E-state index contributed by atoms with van der Waals surface area (Å²) in [6, 6.07) is 7.10. The Morgan fingerprint density at radius 1 is 1.36 bits per heavy atom. The van der Waals surface area contributed by atoms with Crippen LogP contribution in [0.4, 0.5) is 10.2 Å². The Balaban J connectivity index is 1.99. The van der Waals surface area contributed by atoms with E-state index in [-0.39, 0.29) is 11.7 Å². The molecule has 1 aromatic carbocycles. The minimum Gasteiger partial charge on any atom is -0.360 e. The van der Waals surface area contributed by atoms with E-state index in [1.54, 1.807) is 37.1 Å². The van der Waals surface area contributed by atoms with E-state index in [2.05, 4.69) is 15.8 Å². The van der Waals surface area contributed by atoms with Gasteiger partial charge in [0, 0.05) is 18.8 Å². The predicted molar refractivity (Wildman–Crippen MR) is 95.2 cm³/mol. The van der Waals surface area contributed by atoms with E-state index in [4.69, 9.17) is 16.7 Å². The van der Waals surface area contributed by atoms with Gasteiger partial charge in [0.15, 0.2) is 10.9 Å². The van der Waals surface area contributed by atoms with E-state index >= 15 is 0 Å². The summed E-state index contributed by atoms with van der Waals surface area (Å²) in [5.74, 6) is 0.249. The summed E-state index contributed by atoms with van der Waals surface area (Å²) in [7, 11) is 1.78. The summed E-state index contributed by atoms with van der Waals surface area (Å²) in [6.07, 6.45) is 0. The van der Waals surface area contributed by atoms with Crippen molar-refractivity contribution in [3.05, 3.63) is 58.7 Å². The number of thiocarbonyl (C=S) groups is 1. The number of nitrogens with zero attached hydrogens (tertiary/aromatic N) is 2. The average molecular weight is 360 g/mol. The van der Waals surface area contributed by atoms with Crippen molar-refractivity contribution in [1.82, 2.24) is 15.4 Å². The highest BCUT2D eigenvalue weighted by Gasteiger charge is 2.32. The van der Waals surface area contributed by atoms with Crippen LogP contribution in [0.3, 0.4) is 0 Å². The second-order valence-corrected chi connectivity index (χ2v) is 6.16. The number of allylic oxidation sites excluding steroid dienone is 1. The van der Waals surface area contributed by atoms with E-state index in [9.17, 15) is 9.18 Å². The molecule has 0 aliphatic carbocycles. The van der Waals surface area contributed by atoms with Crippen molar-refractivity contribution in [2.45, 2.75) is 19.9 Å². The first kappa shape index (κ1) is 17.1. The van der Waals surface area contributed by atoms with Crippen LogP contribution >= 0.6 is 12.2 Å². The summed E-state index contributed by atoms with van der Waals surface area (Å²) in [5, 5.41) is 10.1. The second-order valence-electron chi connectivity index (χ2n) is 5.77. The number of carbonyl (C=O) groups is 1. The molecule has 130 valence electrons. The lowest BCUT2D eigenvalue weighted by Gasteiger charge is -2.35. The first-order valence-electron chi connectivity index (χ1n) is 7.62. The summed E-state index contributed by atoms with van der Waals surface area (Å²) < 4.78 is 18.2. The Morgan fingerprint density at radius 2 is 2.04 bits per heavy atom. The van der Waals surface area contributed by atoms with Crippen molar-refractivity contribution >= 4 is 29.1 Å². The van der Waals surface area contributed by atoms with Crippen molar-refractivity contribution in [2.75, 3.05) is 12.4 Å². The maximum Gasteiger partial charge on any atom is 0.257 e. The van der Waals surface area contributed by atoms with Crippen molar-refractivity contribution in [3.8, 4) is 0 Å². The van der Waals surface area contributed by atoms with E-state index in [0.717, 1.165) is 5.56 Å². The van der Waals surface area contributed by atoms with Gasteiger partial charge in [-0.1, -0.05) is 17.3 Å². The summed E-state index contributed by atoms with van der Waals surface area (Å²) in [4.78, 5) is 14.6. The van der Waals surface area contributed by atoms with E-state index in [1.165, 1.54) is 12.1 Å². The number of aryl methyl sites for hydroxylation is 1. The smallest absolute Gasteiger partial charge is 0.257 e. The Morgan fingerprint density at radius 3 is 2.64 bits per heavy atom. The van der Waals surface area contributed by atoms with Crippen LogP contribution in [-0.4, -0.2) is 28.1 Å². The molecule has 0 unspecified atom stereocenters. The molecule has 0 bridgehead atoms. The number of carbonyl (C=O) groups excluding carboxylic acids is 1. The first-order chi connectivity index (χ1) is 11.9. The third-order valence-corrected chi connectivity index (χ3v) is 4.46. The maximum absolute atomic E-state index is 13.3. The fourth-order valence-corrected chi connectivity index (χ4v) is 2.90. The van der Waals surface area contributed by atoms with Crippen LogP contribution in [0.5, 0.6) is 0 Å². The molecule has 1 aliphatic heterocycles. The molecule has 1 aromatic heterocycles. The standard InChI is InChI=1S/C17H17FN4O2S/c1-9-8-13(21-24-9)19-16(23)14-10(2)22(3)17(25)20-15(14)11-4-6-12(18)7-5-11/h4-8,15H,1-3H3,(H,20,25)(H,19,21,23)/t15-/m0/s1. The molecule has 0 saturated heterocycles. The number of amides is 1. The van der Waals surface area contributed by atoms with Gasteiger partial charge in [-0.05, 0) is 43.8 Å². The predicted octanol–water partition coefficient (Wildman–Crippen LogP) is 2.90. The molecule has 2 aromatic rings. The van der Waals surface area contributed by atoms with Crippen LogP contribution < -0.4 is 10.6 Å². The molecular formula is C17H17FN4O2S. The number of benzene rings is 1. The van der Waals surface area contributed by atoms with Crippen molar-refractivity contribution in [3.63, 3.8) is 0 Å². The molecule has 1 atom stereocenters. The normalized spacial score (nSPS) is 17.5. The van der Waals surface area contributed by atoms with Gasteiger partial charge in [-0.25, -0.2) is 4.39 Å². The van der Waals surface area contributed by atoms with Crippen LogP contribution in [0.25, 0.3) is 0 Å². The molecule has 1 amide bonds. The molecule has 2 N–H and O–H groups in total. The summed E-state index contributed by atoms with van der Waals surface area (Å²) in [6.45, 7) is 3.55. The Kier molecular flexibility index (Phi) is 4.54. The van der Waals surface area contributed by atoms with Crippen molar-refractivity contribution in [1.29, 1.82) is 0 Å². The van der Waals surface area contributed by atoms with Crippen LogP contribution in [0, 0.1) is 12.7 Å². The van der Waals surface area contributed by atoms with Crippen LogP contribution in [0.1, 0.15) is 24.3 Å². The lowest BCUT2D eigenvalue weighted by atomic mass is 9.94. The molecule has 3 rings (SSSR count). The van der Waals surface area contributed by atoms with Gasteiger partial charge in [0.2, 0.25) is 0 Å². The molecule has 6 nitrogen and oxygen atoms in total. The number of nitrogens with one attached hydrogen (secondary N) is 2. The van der Waals surface area contributed by atoms with Gasteiger partial charge in [-0.2, -0.15) is 0 Å². The number of halogens is 1. The monoisotopic (exact) mass is 360 g/mol. The fraction of sp³-hybridized carbons (Fsp3) is 0.235. The zero-order chi connectivity index (χ0) is 18.1. The van der Waals surface area contributed by atoms with E-state index in [0.29, 0.717) is 28.0 Å². The molecule has 0 spiro atoms. The minimum absolute atomic E-state index is 0.330. The highest BCUT2D eigenvalue weighted by molar-refractivity contribution is 7.80. The molecule has 0 radical (unpaired) electrons. The Labute approximate surface area is 149 Å². The largest absolute Gasteiger partial charge is 0.360 e. The van der Waals surface area contributed by atoms with Crippen molar-refractivity contribution in [2.24, 2.45) is 0 Å². The number of rotatable bonds is 3. The van der Waals surface area contributed by atoms with E-state index < -0.39 is 6.04 Å². The lowest BCUT2D eigenvalue weighted by Crippen LogP contribution is -2.46. The zero-order valence-corrected chi connectivity index (χ0v) is 14.8. The van der Waals surface area contributed by atoms with E-state index in [1.807, 2.05) is 6.92 Å². The van der Waals surface area contributed by atoms with Crippen LogP contribution in [0.15, 0.2) is 46.1 Å². The molecule has 25 heavy (non-hydrogen) atoms. The third-order valence-electron chi connectivity index (χ3n) is 4.07. The SMILES string of the molecule is CC1=C(C(=O)Nc2cc(C)on2)[C@H](c2ccc(F)cc2)NC(=S)N1C. The second kappa shape index (κ2) is 6.64. The van der Waals surface area contributed by atoms with Gasteiger partial charge in [0.05, 0.1) is 11.6 Å². The van der Waals surface area contributed by atoms with Gasteiger partial charge in [-0.3, -0.25) is 4.79 Å². The third kappa shape index (κ3) is 3.39. The molecule has 8 heteroatoms. The number of hydrogen-bond donors (Lipinski definition) is 2. The van der Waals surface area contributed by atoms with Gasteiger partial charge in [-0.15, -0.1) is 0 Å². The van der Waals surface area contributed by atoms with Gasteiger partial charge in [0.25, 0.3) is 5.91 Å². The highest BCUT2D eigenvalue weighted by atomic mass is 32.1. The zero-order valence-electron chi connectivity index (χ0n) is 14.0. The first-order valence-corrected chi connectivity index (χ1v) is 8.02. The van der Waals surface area contributed by atoms with Gasteiger partial charge < -0.3 is 20.1 Å². The maximum atomic E-state index is 13.3.